The van der Waals surface area contributed by atoms with E-state index in [1.165, 1.54) is 42.5 Å². The van der Waals surface area contributed by atoms with E-state index in [0.29, 0.717) is 11.1 Å². The summed E-state index contributed by atoms with van der Waals surface area (Å²) in [7, 11) is 0. The molecule has 0 aromatic heterocycles. The lowest BCUT2D eigenvalue weighted by atomic mass is 9.79. The van der Waals surface area contributed by atoms with Gasteiger partial charge in [-0.3, -0.25) is 0 Å². The van der Waals surface area contributed by atoms with Gasteiger partial charge < -0.3 is 17.3 Å². The highest BCUT2D eigenvalue weighted by Gasteiger charge is 2.44. The smallest absolute Gasteiger partial charge is 0.0924 e. The van der Waals surface area contributed by atoms with Crippen molar-refractivity contribution in [2.24, 2.45) is 0 Å². The van der Waals surface area contributed by atoms with Gasteiger partial charge in [0.25, 0.3) is 0 Å². The number of hydrogen-bond acceptors (Lipinski definition) is 0. The molecule has 0 aliphatic carbocycles. The van der Waals surface area contributed by atoms with Crippen molar-refractivity contribution in [1.29, 1.82) is 0 Å². The predicted molar refractivity (Wildman–Crippen MR) is 112 cm³/mol. The number of nitrogens with one attached hydrogen (secondary N) is 1. The summed E-state index contributed by atoms with van der Waals surface area (Å²) in [5.74, 6) is 0. The molecule has 1 fully saturated rings. The van der Waals surface area contributed by atoms with Gasteiger partial charge >= 0.3 is 0 Å². The molecule has 1 saturated heterocycles. The van der Waals surface area contributed by atoms with Crippen LogP contribution in [-0.4, -0.2) is 17.6 Å². The maximum absolute atomic E-state index is 2.46. The van der Waals surface area contributed by atoms with Crippen molar-refractivity contribution in [3.05, 3.63) is 77.9 Å². The van der Waals surface area contributed by atoms with Crippen molar-refractivity contribution < 1.29 is 17.3 Å². The van der Waals surface area contributed by atoms with Gasteiger partial charge in [-0.15, -0.1) is 0 Å². The van der Waals surface area contributed by atoms with Crippen LogP contribution >= 0.6 is 0 Å². The van der Waals surface area contributed by atoms with Gasteiger partial charge in [0.05, 0.1) is 17.6 Å². The molecule has 2 aromatic carbocycles. The molecule has 1 heterocycles. The molecule has 0 saturated carbocycles. The second-order valence-electron chi connectivity index (χ2n) is 8.99. The predicted octanol–water partition coefficient (Wildman–Crippen LogP) is 2.14. The molecule has 0 atom stereocenters. The Balaban J connectivity index is 0.00000261. The van der Waals surface area contributed by atoms with Gasteiger partial charge in [0.1, 0.15) is 0 Å². The third-order valence-corrected chi connectivity index (χ3v) is 6.15. The molecule has 146 valence electrons. The zero-order valence-corrected chi connectivity index (χ0v) is 18.0. The zero-order chi connectivity index (χ0) is 18.6. The number of quaternary nitrogens is 1. The van der Waals surface area contributed by atoms with E-state index in [9.17, 15) is 0 Å². The zero-order valence-electron chi connectivity index (χ0n) is 17.3. The lowest BCUT2D eigenvalue weighted by Gasteiger charge is -2.49. The quantitative estimate of drug-likeness (QED) is 0.806. The van der Waals surface area contributed by atoms with Crippen molar-refractivity contribution >= 4 is 5.57 Å². The van der Waals surface area contributed by atoms with Crippen molar-refractivity contribution in [2.75, 3.05) is 6.54 Å². The third kappa shape index (κ3) is 5.24. The van der Waals surface area contributed by atoms with Crippen molar-refractivity contribution in [2.45, 2.75) is 64.5 Å². The number of halogens is 1. The fraction of sp³-hybridized carbons (Fsp3) is 0.440. The van der Waals surface area contributed by atoms with E-state index >= 15 is 0 Å². The summed E-state index contributed by atoms with van der Waals surface area (Å²) in [5.41, 5.74) is 4.72. The molecule has 1 N–H and O–H groups in total. The molecule has 2 aromatic rings. The highest BCUT2D eigenvalue weighted by Crippen LogP contribution is 2.25. The average molecular weight is 384 g/mol. The standard InChI is InChI=1S/C25H33N.ClH/c1-24(2)18-12-19-25(3,4)26(24)20-11-17-23(21-13-7-5-8-14-21)22-15-9-6-10-16-22;/h5-10,13-17H,11-12,18-20H2,1-4H3;1H. The van der Waals surface area contributed by atoms with Crippen LogP contribution in [0.3, 0.4) is 0 Å². The molecule has 1 nitrogen and oxygen atoms in total. The van der Waals surface area contributed by atoms with E-state index in [-0.39, 0.29) is 12.4 Å². The summed E-state index contributed by atoms with van der Waals surface area (Å²) in [6.07, 6.45) is 7.60. The van der Waals surface area contributed by atoms with Gasteiger partial charge in [0.15, 0.2) is 0 Å². The Bertz CT molecular complexity index is 674. The molecule has 3 rings (SSSR count). The topological polar surface area (TPSA) is 4.44 Å². The maximum Gasteiger partial charge on any atom is 0.0924 e. The Kier molecular flexibility index (Phi) is 7.31. The molecule has 2 heteroatoms. The van der Waals surface area contributed by atoms with E-state index in [4.69, 9.17) is 0 Å². The van der Waals surface area contributed by atoms with Crippen LogP contribution in [0.25, 0.3) is 5.57 Å². The molecule has 0 bridgehead atoms. The van der Waals surface area contributed by atoms with Crippen LogP contribution < -0.4 is 17.3 Å². The molecule has 27 heavy (non-hydrogen) atoms. The van der Waals surface area contributed by atoms with E-state index in [2.05, 4.69) is 94.4 Å². The van der Waals surface area contributed by atoms with Crippen molar-refractivity contribution in [1.82, 2.24) is 0 Å². The van der Waals surface area contributed by atoms with Crippen LogP contribution in [-0.2, 0) is 0 Å². The first kappa shape index (κ1) is 21.7. The van der Waals surface area contributed by atoms with Crippen molar-refractivity contribution in [3.63, 3.8) is 0 Å². The number of piperidine rings is 1. The Labute approximate surface area is 171 Å². The first-order valence-corrected chi connectivity index (χ1v) is 10.1. The Morgan fingerprint density at radius 3 is 1.70 bits per heavy atom. The minimum absolute atomic E-state index is 0. The fourth-order valence-electron chi connectivity index (χ4n) is 4.87. The van der Waals surface area contributed by atoms with Crippen LogP contribution in [0.2, 0.25) is 0 Å². The summed E-state index contributed by atoms with van der Waals surface area (Å²) in [6.45, 7) is 11.0. The van der Waals surface area contributed by atoms with Gasteiger partial charge in [0.2, 0.25) is 0 Å². The van der Waals surface area contributed by atoms with Crippen LogP contribution in [0.1, 0.15) is 64.5 Å². The van der Waals surface area contributed by atoms with E-state index in [1.807, 2.05) is 0 Å². The Morgan fingerprint density at radius 1 is 0.815 bits per heavy atom. The number of rotatable bonds is 5. The molecular weight excluding hydrogens is 350 g/mol. The third-order valence-electron chi connectivity index (χ3n) is 6.15. The molecular formula is C25H34ClN. The molecule has 0 unspecified atom stereocenters. The van der Waals surface area contributed by atoms with Gasteiger partial charge in [0, 0.05) is 19.3 Å². The SMILES string of the molecule is CC1(C)CCCC(C)(C)[NH+]1CCC=C(c1ccccc1)c1ccccc1.[Cl-]. The first-order chi connectivity index (χ1) is 12.4. The largest absolute Gasteiger partial charge is 1.00 e. The van der Waals surface area contributed by atoms with E-state index in [0.717, 1.165) is 6.42 Å². The number of likely N-dealkylation sites (tertiary alicyclic amines) is 1. The average Bonchev–Trinajstić information content (AvgIpc) is 2.61. The molecule has 0 amide bonds. The first-order valence-electron chi connectivity index (χ1n) is 10.1. The minimum Gasteiger partial charge on any atom is -1.00 e. The second kappa shape index (κ2) is 9.08. The lowest BCUT2D eigenvalue weighted by molar-refractivity contribution is -0.999. The molecule has 0 radical (unpaired) electrons. The fourth-order valence-corrected chi connectivity index (χ4v) is 4.87. The van der Waals surface area contributed by atoms with Crippen LogP contribution in [0.4, 0.5) is 0 Å². The maximum atomic E-state index is 2.46. The summed E-state index contributed by atoms with van der Waals surface area (Å²) < 4.78 is 0. The highest BCUT2D eigenvalue weighted by molar-refractivity contribution is 5.79. The van der Waals surface area contributed by atoms with E-state index in [1.54, 1.807) is 4.90 Å². The van der Waals surface area contributed by atoms with Crippen LogP contribution in [0.15, 0.2) is 66.7 Å². The van der Waals surface area contributed by atoms with Gasteiger partial charge in [-0.05, 0) is 50.8 Å². The highest BCUT2D eigenvalue weighted by atomic mass is 35.5. The second-order valence-corrected chi connectivity index (χ2v) is 8.99. The monoisotopic (exact) mass is 383 g/mol. The molecule has 1 aliphatic rings. The lowest BCUT2D eigenvalue weighted by Crippen LogP contribution is -3.26. The van der Waals surface area contributed by atoms with Gasteiger partial charge in [-0.2, -0.15) is 0 Å². The van der Waals surface area contributed by atoms with E-state index < -0.39 is 0 Å². The van der Waals surface area contributed by atoms with Crippen molar-refractivity contribution in [3.8, 4) is 0 Å². The van der Waals surface area contributed by atoms with Crippen LogP contribution in [0, 0.1) is 0 Å². The Morgan fingerprint density at radius 2 is 1.26 bits per heavy atom. The summed E-state index contributed by atoms with van der Waals surface area (Å²) in [5, 5.41) is 0. The van der Waals surface area contributed by atoms with Gasteiger partial charge in [-0.1, -0.05) is 66.7 Å². The Hall–Kier alpha value is -1.57. The molecule has 1 aliphatic heterocycles. The van der Waals surface area contributed by atoms with Gasteiger partial charge in [-0.25, -0.2) is 0 Å². The number of hydrogen-bond donors (Lipinski definition) is 1. The minimum atomic E-state index is 0. The normalized spacial score (nSPS) is 18.4. The summed E-state index contributed by atoms with van der Waals surface area (Å²) in [4.78, 5) is 1.76. The molecule has 0 spiro atoms. The summed E-state index contributed by atoms with van der Waals surface area (Å²) in [6, 6.07) is 21.6. The summed E-state index contributed by atoms with van der Waals surface area (Å²) >= 11 is 0. The number of benzene rings is 2. The van der Waals surface area contributed by atoms with Crippen LogP contribution in [0.5, 0.6) is 0 Å².